The molecule has 1 saturated heterocycles. The Morgan fingerprint density at radius 2 is 1.69 bits per heavy atom. The van der Waals surface area contributed by atoms with Gasteiger partial charge in [0.15, 0.2) is 11.5 Å². The quantitative estimate of drug-likeness (QED) is 0.147. The Balaban J connectivity index is 1.57. The number of aliphatic hydroxyl groups excluding tert-OH is 1. The second kappa shape index (κ2) is 19.6. The molecule has 1 aliphatic rings. The molecule has 14 heteroatoms. The fourth-order valence-corrected chi connectivity index (χ4v) is 7.72. The lowest BCUT2D eigenvalue weighted by molar-refractivity contribution is -0.133. The number of aromatic nitrogens is 1. The normalized spacial score (nSPS) is 17.1. The third-order valence-corrected chi connectivity index (χ3v) is 10.8. The van der Waals surface area contributed by atoms with Crippen LogP contribution in [0.15, 0.2) is 53.9 Å². The summed E-state index contributed by atoms with van der Waals surface area (Å²) in [6, 6.07) is 12.9. The molecule has 0 unspecified atom stereocenters. The number of nitrogens with one attached hydrogen (secondary N) is 2. The van der Waals surface area contributed by atoms with E-state index < -0.39 is 41.8 Å². The molecule has 1 aromatic heterocycles. The van der Waals surface area contributed by atoms with Gasteiger partial charge in [0.2, 0.25) is 11.8 Å². The standard InChI is InChI=1S/C41H60N6O7S/c1-26(2)36(47(40(51)52)22-30-25-55-39(42-30)27(3)4)38(50)43-31(19-28-13-11-10-12-14-28)33(48)24-46-18-17-45(23-32(46)37(49)44-41(5,6)7)21-29-15-16-34(53-8)35(20-29)54-9/h10-16,20,25-27,31-33,36,48H,17-19,21-24H2,1-9H3,(H,43,50)(H,44,49)(H,51,52)/t31-,32-,33+,36-/m0/s1. The van der Waals surface area contributed by atoms with E-state index in [2.05, 4.69) is 20.5 Å². The molecular weight excluding hydrogens is 721 g/mol. The minimum absolute atomic E-state index is 0.0428. The fraction of sp³-hybridized carbons (Fsp3) is 0.561. The predicted molar refractivity (Wildman–Crippen MR) is 215 cm³/mol. The van der Waals surface area contributed by atoms with Crippen molar-refractivity contribution in [2.24, 2.45) is 5.92 Å². The topological polar surface area (TPSA) is 157 Å². The van der Waals surface area contributed by atoms with E-state index in [1.165, 1.54) is 11.3 Å². The number of amides is 3. The fourth-order valence-electron chi connectivity index (χ4n) is 6.89. The maximum absolute atomic E-state index is 14.2. The van der Waals surface area contributed by atoms with Gasteiger partial charge in [-0.05, 0) is 56.4 Å². The molecule has 4 rings (SSSR count). The highest BCUT2D eigenvalue weighted by Gasteiger charge is 2.39. The van der Waals surface area contributed by atoms with Gasteiger partial charge in [-0.15, -0.1) is 11.3 Å². The molecule has 1 fully saturated rings. The van der Waals surface area contributed by atoms with Crippen molar-refractivity contribution in [1.82, 2.24) is 30.3 Å². The Bertz CT molecular complexity index is 1710. The number of β-amino-alcohol motifs (C(OH)–C–C–N with tert-alkyl or cyclic N) is 1. The molecule has 302 valence electrons. The number of carbonyl (C=O) groups excluding carboxylic acids is 2. The number of ether oxygens (including phenoxy) is 2. The third kappa shape index (κ3) is 12.4. The van der Waals surface area contributed by atoms with Crippen molar-refractivity contribution in [3.8, 4) is 11.5 Å². The Kier molecular flexibility index (Phi) is 15.5. The molecule has 0 radical (unpaired) electrons. The number of hydrogen-bond donors (Lipinski definition) is 4. The molecule has 2 heterocycles. The Hall–Kier alpha value is -4.24. The summed E-state index contributed by atoms with van der Waals surface area (Å²) in [5.41, 5.74) is 2.01. The van der Waals surface area contributed by atoms with Crippen molar-refractivity contribution in [3.05, 3.63) is 75.7 Å². The number of hydrogen-bond acceptors (Lipinski definition) is 10. The van der Waals surface area contributed by atoms with Crippen LogP contribution in [0.25, 0.3) is 0 Å². The van der Waals surface area contributed by atoms with Crippen LogP contribution in [0.3, 0.4) is 0 Å². The molecule has 4 N–H and O–H groups in total. The van der Waals surface area contributed by atoms with Crippen LogP contribution < -0.4 is 20.1 Å². The molecule has 0 saturated carbocycles. The summed E-state index contributed by atoms with van der Waals surface area (Å²) in [6.07, 6.45) is -2.02. The van der Waals surface area contributed by atoms with E-state index in [-0.39, 0.29) is 30.8 Å². The Morgan fingerprint density at radius 3 is 2.27 bits per heavy atom. The molecule has 13 nitrogen and oxygen atoms in total. The van der Waals surface area contributed by atoms with Crippen molar-refractivity contribution >= 4 is 29.2 Å². The minimum atomic E-state index is -1.23. The summed E-state index contributed by atoms with van der Waals surface area (Å²) >= 11 is 1.47. The predicted octanol–water partition coefficient (Wildman–Crippen LogP) is 4.98. The lowest BCUT2D eigenvalue weighted by Gasteiger charge is -2.43. The lowest BCUT2D eigenvalue weighted by atomic mass is 9.96. The van der Waals surface area contributed by atoms with E-state index >= 15 is 0 Å². The maximum atomic E-state index is 14.2. The SMILES string of the molecule is COc1ccc(CN2CCN(C[C@@H](O)[C@H](Cc3ccccc3)NC(=O)[C@H](C(C)C)N(Cc3csc(C(C)C)n3)C(=O)O)[C@H](C(=O)NC(C)(C)C)C2)cc1OC. The highest BCUT2D eigenvalue weighted by atomic mass is 32.1. The van der Waals surface area contributed by atoms with Crippen molar-refractivity contribution < 1.29 is 34.1 Å². The summed E-state index contributed by atoms with van der Waals surface area (Å²) in [4.78, 5) is 50.7. The second-order valence-electron chi connectivity index (χ2n) is 16.0. The van der Waals surface area contributed by atoms with Gasteiger partial charge in [0.1, 0.15) is 12.1 Å². The van der Waals surface area contributed by atoms with Gasteiger partial charge in [0.05, 0.1) is 43.6 Å². The molecule has 0 aliphatic carbocycles. The van der Waals surface area contributed by atoms with E-state index in [0.29, 0.717) is 49.8 Å². The zero-order valence-corrected chi connectivity index (χ0v) is 34.6. The van der Waals surface area contributed by atoms with Gasteiger partial charge in [-0.25, -0.2) is 9.78 Å². The number of benzene rings is 2. The second-order valence-corrected chi connectivity index (χ2v) is 16.9. The van der Waals surface area contributed by atoms with Gasteiger partial charge < -0.3 is 30.3 Å². The number of aliphatic hydroxyl groups is 1. The first-order valence-electron chi connectivity index (χ1n) is 18.9. The number of nitrogens with zero attached hydrogens (tertiary/aromatic N) is 4. The highest BCUT2D eigenvalue weighted by Crippen LogP contribution is 2.29. The highest BCUT2D eigenvalue weighted by molar-refractivity contribution is 7.09. The van der Waals surface area contributed by atoms with E-state index in [9.17, 15) is 24.6 Å². The monoisotopic (exact) mass is 780 g/mol. The average molecular weight is 781 g/mol. The molecule has 0 spiro atoms. The van der Waals surface area contributed by atoms with Crippen LogP contribution in [0.2, 0.25) is 0 Å². The van der Waals surface area contributed by atoms with E-state index in [0.717, 1.165) is 21.0 Å². The zero-order chi connectivity index (χ0) is 40.4. The molecule has 2 aromatic carbocycles. The average Bonchev–Trinajstić information content (AvgIpc) is 3.60. The largest absolute Gasteiger partial charge is 0.493 e. The number of thiazole rings is 1. The number of rotatable bonds is 17. The first kappa shape index (κ1) is 43.5. The summed E-state index contributed by atoms with van der Waals surface area (Å²) in [5, 5.41) is 31.3. The van der Waals surface area contributed by atoms with Crippen LogP contribution in [0.5, 0.6) is 11.5 Å². The summed E-state index contributed by atoms with van der Waals surface area (Å²) in [5.74, 6) is 0.433. The Labute approximate surface area is 330 Å². The van der Waals surface area contributed by atoms with Gasteiger partial charge in [-0.3, -0.25) is 24.3 Å². The third-order valence-electron chi connectivity index (χ3n) is 9.62. The summed E-state index contributed by atoms with van der Waals surface area (Å²) < 4.78 is 10.9. The number of methoxy groups -OCH3 is 2. The lowest BCUT2D eigenvalue weighted by Crippen LogP contribution is -2.63. The van der Waals surface area contributed by atoms with Crippen LogP contribution in [0, 0.1) is 5.92 Å². The summed E-state index contributed by atoms with van der Waals surface area (Å²) in [7, 11) is 3.20. The van der Waals surface area contributed by atoms with E-state index in [1.807, 2.05) is 107 Å². The Morgan fingerprint density at radius 1 is 1.00 bits per heavy atom. The first-order chi connectivity index (χ1) is 26.0. The smallest absolute Gasteiger partial charge is 0.408 e. The molecule has 0 bridgehead atoms. The number of carbonyl (C=O) groups is 3. The van der Waals surface area contributed by atoms with Crippen LogP contribution in [0.4, 0.5) is 4.79 Å². The van der Waals surface area contributed by atoms with Crippen LogP contribution in [-0.4, -0.2) is 118 Å². The zero-order valence-electron chi connectivity index (χ0n) is 33.7. The number of piperazine rings is 1. The minimum Gasteiger partial charge on any atom is -0.493 e. The van der Waals surface area contributed by atoms with Crippen molar-refractivity contribution in [1.29, 1.82) is 0 Å². The summed E-state index contributed by atoms with van der Waals surface area (Å²) in [6.45, 7) is 15.7. The molecule has 1 aliphatic heterocycles. The molecule has 3 aromatic rings. The van der Waals surface area contributed by atoms with Gasteiger partial charge in [0, 0.05) is 49.6 Å². The number of carboxylic acid groups (broad SMARTS) is 1. The molecule has 55 heavy (non-hydrogen) atoms. The molecule has 3 amide bonds. The van der Waals surface area contributed by atoms with E-state index in [4.69, 9.17) is 9.47 Å². The van der Waals surface area contributed by atoms with Crippen LogP contribution in [-0.2, 0) is 29.1 Å². The van der Waals surface area contributed by atoms with Crippen LogP contribution in [0.1, 0.15) is 76.2 Å². The van der Waals surface area contributed by atoms with Gasteiger partial charge in [0.25, 0.3) is 0 Å². The van der Waals surface area contributed by atoms with Gasteiger partial charge in [-0.2, -0.15) is 0 Å². The van der Waals surface area contributed by atoms with Gasteiger partial charge in [-0.1, -0.05) is 64.1 Å². The van der Waals surface area contributed by atoms with Crippen molar-refractivity contribution in [2.75, 3.05) is 40.4 Å². The van der Waals surface area contributed by atoms with Crippen molar-refractivity contribution in [3.63, 3.8) is 0 Å². The van der Waals surface area contributed by atoms with Gasteiger partial charge >= 0.3 is 6.09 Å². The molecule has 4 atom stereocenters. The molecular formula is C41H60N6O7S. The van der Waals surface area contributed by atoms with Crippen molar-refractivity contribution in [2.45, 2.75) is 104 Å². The van der Waals surface area contributed by atoms with E-state index in [1.54, 1.807) is 14.2 Å². The van der Waals surface area contributed by atoms with Crippen LogP contribution >= 0.6 is 11.3 Å². The maximum Gasteiger partial charge on any atom is 0.408 e. The first-order valence-corrected chi connectivity index (χ1v) is 19.8.